The molecule has 0 atom stereocenters. The first-order valence-electron chi connectivity index (χ1n) is 5.39. The number of nitrogens with one attached hydrogen (secondary N) is 1. The highest BCUT2D eigenvalue weighted by Gasteiger charge is 2.21. The standard InChI is InChI=1S/C11H8Cl3N3O3S/c1-20-9-5-8(13)15-11(16-9)17-21(18,19)7-4-2-3-6(12)10(7)14/h2-5H,1H3,(H,15,16,17). The molecule has 0 spiro atoms. The van der Waals surface area contributed by atoms with Crippen LogP contribution in [0.4, 0.5) is 5.95 Å². The fourth-order valence-electron chi connectivity index (χ4n) is 1.41. The first-order valence-corrected chi connectivity index (χ1v) is 8.00. The van der Waals surface area contributed by atoms with Crippen LogP contribution in [0.25, 0.3) is 0 Å². The Balaban J connectivity index is 2.42. The summed E-state index contributed by atoms with van der Waals surface area (Å²) in [5.74, 6) is -0.125. The van der Waals surface area contributed by atoms with Crippen molar-refractivity contribution in [2.75, 3.05) is 11.8 Å². The van der Waals surface area contributed by atoms with Crippen molar-refractivity contribution in [3.05, 3.63) is 39.5 Å². The van der Waals surface area contributed by atoms with E-state index in [1.165, 1.54) is 31.4 Å². The molecule has 0 saturated heterocycles. The Morgan fingerprint density at radius 1 is 1.19 bits per heavy atom. The van der Waals surface area contributed by atoms with Crippen LogP contribution in [0.15, 0.2) is 29.2 Å². The van der Waals surface area contributed by atoms with E-state index in [9.17, 15) is 8.42 Å². The summed E-state index contributed by atoms with van der Waals surface area (Å²) >= 11 is 17.4. The smallest absolute Gasteiger partial charge is 0.265 e. The summed E-state index contributed by atoms with van der Waals surface area (Å²) in [5, 5.41) is 0.0431. The Morgan fingerprint density at radius 3 is 2.57 bits per heavy atom. The van der Waals surface area contributed by atoms with E-state index in [0.29, 0.717) is 0 Å². The Bertz CT molecular complexity index is 784. The lowest BCUT2D eigenvalue weighted by atomic mass is 10.4. The van der Waals surface area contributed by atoms with Crippen molar-refractivity contribution in [2.45, 2.75) is 4.90 Å². The Kier molecular flexibility index (Phi) is 4.77. The molecule has 1 aromatic heterocycles. The SMILES string of the molecule is COc1cc(Cl)nc(NS(=O)(=O)c2cccc(Cl)c2Cl)n1. The van der Waals surface area contributed by atoms with E-state index in [1.54, 1.807) is 0 Å². The maximum absolute atomic E-state index is 12.3. The summed E-state index contributed by atoms with van der Waals surface area (Å²) in [6.45, 7) is 0. The van der Waals surface area contributed by atoms with E-state index >= 15 is 0 Å². The lowest BCUT2D eigenvalue weighted by Crippen LogP contribution is -2.16. The van der Waals surface area contributed by atoms with Crippen molar-refractivity contribution >= 4 is 50.8 Å². The minimum absolute atomic E-state index is 0.0248. The number of hydrogen-bond donors (Lipinski definition) is 1. The van der Waals surface area contributed by atoms with E-state index in [1.807, 2.05) is 0 Å². The maximum Gasteiger partial charge on any atom is 0.265 e. The first kappa shape index (κ1) is 16.1. The van der Waals surface area contributed by atoms with Gasteiger partial charge in [-0.1, -0.05) is 40.9 Å². The number of halogens is 3. The number of sulfonamides is 1. The topological polar surface area (TPSA) is 81.2 Å². The van der Waals surface area contributed by atoms with E-state index in [-0.39, 0.29) is 31.9 Å². The number of benzene rings is 1. The predicted octanol–water partition coefficient (Wildman–Crippen LogP) is 3.25. The summed E-state index contributed by atoms with van der Waals surface area (Å²) in [6, 6.07) is 5.58. The molecule has 0 aliphatic rings. The van der Waals surface area contributed by atoms with Crippen LogP contribution in [0.5, 0.6) is 5.88 Å². The summed E-state index contributed by atoms with van der Waals surface area (Å²) in [5.41, 5.74) is 0. The van der Waals surface area contributed by atoms with Crippen LogP contribution < -0.4 is 9.46 Å². The Labute approximate surface area is 136 Å². The maximum atomic E-state index is 12.3. The Hall–Kier alpha value is -1.28. The number of ether oxygens (including phenoxy) is 1. The fourth-order valence-corrected chi connectivity index (χ4v) is 3.29. The molecule has 0 fully saturated rings. The largest absolute Gasteiger partial charge is 0.481 e. The molecule has 0 aliphatic carbocycles. The molecule has 10 heteroatoms. The first-order chi connectivity index (χ1) is 9.83. The molecule has 21 heavy (non-hydrogen) atoms. The molecule has 0 aliphatic heterocycles. The van der Waals surface area contributed by atoms with Gasteiger partial charge in [0.1, 0.15) is 10.0 Å². The third kappa shape index (κ3) is 3.68. The Morgan fingerprint density at radius 2 is 1.90 bits per heavy atom. The molecule has 0 unspecified atom stereocenters. The lowest BCUT2D eigenvalue weighted by molar-refractivity contribution is 0.397. The van der Waals surface area contributed by atoms with E-state index < -0.39 is 10.0 Å². The van der Waals surface area contributed by atoms with E-state index in [4.69, 9.17) is 39.5 Å². The predicted molar refractivity (Wildman–Crippen MR) is 80.9 cm³/mol. The van der Waals surface area contributed by atoms with Crippen LogP contribution >= 0.6 is 34.8 Å². The number of methoxy groups -OCH3 is 1. The second kappa shape index (κ2) is 6.23. The number of hydrogen-bond acceptors (Lipinski definition) is 5. The van der Waals surface area contributed by atoms with Crippen LogP contribution in [0.3, 0.4) is 0 Å². The van der Waals surface area contributed by atoms with Gasteiger partial charge in [-0.15, -0.1) is 0 Å². The molecule has 1 heterocycles. The van der Waals surface area contributed by atoms with Gasteiger partial charge in [-0.05, 0) is 12.1 Å². The summed E-state index contributed by atoms with van der Waals surface area (Å²) in [4.78, 5) is 7.39. The average molecular weight is 369 g/mol. The molecular weight excluding hydrogens is 361 g/mol. The molecular formula is C11H8Cl3N3O3S. The second-order valence-electron chi connectivity index (χ2n) is 3.71. The van der Waals surface area contributed by atoms with Gasteiger partial charge in [-0.2, -0.15) is 4.98 Å². The third-order valence-corrected chi connectivity index (χ3v) is 4.81. The molecule has 2 rings (SSSR count). The number of rotatable bonds is 4. The highest BCUT2D eigenvalue weighted by Crippen LogP contribution is 2.30. The van der Waals surface area contributed by atoms with Gasteiger partial charge < -0.3 is 4.74 Å². The zero-order valence-corrected chi connectivity index (χ0v) is 13.6. The number of aromatic nitrogens is 2. The lowest BCUT2D eigenvalue weighted by Gasteiger charge is -2.09. The van der Waals surface area contributed by atoms with Gasteiger partial charge in [0, 0.05) is 6.07 Å². The fraction of sp³-hybridized carbons (Fsp3) is 0.0909. The van der Waals surface area contributed by atoms with Gasteiger partial charge >= 0.3 is 0 Å². The van der Waals surface area contributed by atoms with Crippen LogP contribution in [0.2, 0.25) is 15.2 Å². The van der Waals surface area contributed by atoms with Crippen LogP contribution in [-0.2, 0) is 10.0 Å². The van der Waals surface area contributed by atoms with Crippen LogP contribution in [-0.4, -0.2) is 25.5 Å². The molecule has 1 aromatic carbocycles. The molecule has 2 aromatic rings. The van der Waals surface area contributed by atoms with E-state index in [0.717, 1.165) is 0 Å². The molecule has 1 N–H and O–H groups in total. The normalized spacial score (nSPS) is 11.2. The highest BCUT2D eigenvalue weighted by molar-refractivity contribution is 7.92. The summed E-state index contributed by atoms with van der Waals surface area (Å²) in [6.07, 6.45) is 0. The molecule has 6 nitrogen and oxygen atoms in total. The molecule has 0 saturated carbocycles. The molecule has 0 radical (unpaired) electrons. The van der Waals surface area contributed by atoms with Crippen molar-refractivity contribution < 1.29 is 13.2 Å². The zero-order valence-electron chi connectivity index (χ0n) is 10.5. The van der Waals surface area contributed by atoms with Crippen molar-refractivity contribution in [1.82, 2.24) is 9.97 Å². The van der Waals surface area contributed by atoms with Crippen LogP contribution in [0.1, 0.15) is 0 Å². The molecule has 0 bridgehead atoms. The summed E-state index contributed by atoms with van der Waals surface area (Å²) in [7, 11) is -2.65. The van der Waals surface area contributed by atoms with Gasteiger partial charge in [0.25, 0.3) is 10.0 Å². The average Bonchev–Trinajstić information content (AvgIpc) is 2.40. The minimum Gasteiger partial charge on any atom is -0.481 e. The minimum atomic E-state index is -4.01. The number of anilines is 1. The second-order valence-corrected chi connectivity index (χ2v) is 6.54. The van der Waals surface area contributed by atoms with Gasteiger partial charge in [-0.3, -0.25) is 0 Å². The van der Waals surface area contributed by atoms with E-state index in [2.05, 4.69) is 14.7 Å². The van der Waals surface area contributed by atoms with Crippen LogP contribution in [0, 0.1) is 0 Å². The monoisotopic (exact) mass is 367 g/mol. The molecule has 0 amide bonds. The van der Waals surface area contributed by atoms with Gasteiger partial charge in [0.2, 0.25) is 11.8 Å². The zero-order chi connectivity index (χ0) is 15.6. The third-order valence-electron chi connectivity index (χ3n) is 2.31. The summed E-state index contributed by atoms with van der Waals surface area (Å²) < 4.78 is 31.6. The van der Waals surface area contributed by atoms with Gasteiger partial charge in [0.15, 0.2) is 0 Å². The van der Waals surface area contributed by atoms with Crippen molar-refractivity contribution in [3.63, 3.8) is 0 Å². The van der Waals surface area contributed by atoms with Crippen molar-refractivity contribution in [1.29, 1.82) is 0 Å². The van der Waals surface area contributed by atoms with Gasteiger partial charge in [-0.25, -0.2) is 18.1 Å². The van der Waals surface area contributed by atoms with Crippen molar-refractivity contribution in [3.8, 4) is 5.88 Å². The van der Waals surface area contributed by atoms with Gasteiger partial charge in [0.05, 0.1) is 17.2 Å². The molecule has 112 valence electrons. The number of nitrogens with zero attached hydrogens (tertiary/aromatic N) is 2. The van der Waals surface area contributed by atoms with Crippen molar-refractivity contribution in [2.24, 2.45) is 0 Å². The quantitative estimate of drug-likeness (QED) is 0.838. The highest BCUT2D eigenvalue weighted by atomic mass is 35.5.